The van der Waals surface area contributed by atoms with Gasteiger partial charge in [0.2, 0.25) is 10.0 Å². The maximum Gasteiger partial charge on any atom is 0.573 e. The summed E-state index contributed by atoms with van der Waals surface area (Å²) in [6, 6.07) is 10.0. The number of ether oxygens (including phenoxy) is 2. The van der Waals surface area contributed by atoms with Crippen molar-refractivity contribution in [2.24, 2.45) is 5.14 Å². The molecule has 0 unspecified atom stereocenters. The summed E-state index contributed by atoms with van der Waals surface area (Å²) in [7, 11) is -2.73. The lowest BCUT2D eigenvalue weighted by molar-refractivity contribution is -0.274. The quantitative estimate of drug-likeness (QED) is 0.361. The number of methoxy groups -OCH3 is 1. The number of carbonyl (C=O) groups is 1. The van der Waals surface area contributed by atoms with Gasteiger partial charge in [0.25, 0.3) is 0 Å². The number of hydrogen-bond acceptors (Lipinski definition) is 6. The van der Waals surface area contributed by atoms with Crippen LogP contribution in [0.25, 0.3) is 0 Å². The first-order valence-corrected chi connectivity index (χ1v) is 11.3. The SMILES string of the molecule is COc1ccc(C(=O)CCCCNCCc2ccccc2OC(F)(F)F)cc1S(N)(=O)=O. The van der Waals surface area contributed by atoms with Gasteiger partial charge in [-0.05, 0) is 62.2 Å². The van der Waals surface area contributed by atoms with Crippen molar-refractivity contribution in [3.8, 4) is 11.5 Å². The van der Waals surface area contributed by atoms with Crippen LogP contribution in [0, 0.1) is 0 Å². The third-order valence-corrected chi connectivity index (χ3v) is 5.50. The maximum atomic E-state index is 12.4. The third kappa shape index (κ3) is 8.13. The smallest absolute Gasteiger partial charge is 0.495 e. The largest absolute Gasteiger partial charge is 0.573 e. The number of hydrogen-bond donors (Lipinski definition) is 2. The molecule has 7 nitrogen and oxygen atoms in total. The Labute approximate surface area is 184 Å². The fourth-order valence-electron chi connectivity index (χ4n) is 3.04. The van der Waals surface area contributed by atoms with Gasteiger partial charge in [0.05, 0.1) is 7.11 Å². The number of unbranched alkanes of at least 4 members (excludes halogenated alkanes) is 1. The van der Waals surface area contributed by atoms with Crippen LogP contribution in [0.5, 0.6) is 11.5 Å². The summed E-state index contributed by atoms with van der Waals surface area (Å²) in [5.74, 6) is -0.378. The van der Waals surface area contributed by atoms with E-state index in [1.165, 1.54) is 37.4 Å². The number of sulfonamides is 1. The lowest BCUT2D eigenvalue weighted by Crippen LogP contribution is -2.21. The maximum absolute atomic E-state index is 12.4. The molecule has 3 N–H and O–H groups in total. The number of benzene rings is 2. The van der Waals surface area contributed by atoms with E-state index in [0.717, 1.165) is 0 Å². The molecule has 2 aromatic rings. The van der Waals surface area contributed by atoms with E-state index in [9.17, 15) is 26.4 Å². The van der Waals surface area contributed by atoms with E-state index in [4.69, 9.17) is 9.88 Å². The predicted octanol–water partition coefficient (Wildman–Crippen LogP) is 3.43. The van der Waals surface area contributed by atoms with Crippen molar-refractivity contribution < 1.29 is 35.9 Å². The number of halogens is 3. The number of Topliss-reactive ketones (excluding diaryl/α,β-unsaturated/α-hetero) is 1. The van der Waals surface area contributed by atoms with Crippen LogP contribution in [0.2, 0.25) is 0 Å². The zero-order valence-corrected chi connectivity index (χ0v) is 18.3. The molecule has 0 spiro atoms. The Kier molecular flexibility index (Phi) is 9.05. The molecule has 0 fully saturated rings. The summed E-state index contributed by atoms with van der Waals surface area (Å²) in [6.07, 6.45) is -2.97. The summed E-state index contributed by atoms with van der Waals surface area (Å²) in [4.78, 5) is 12.1. The van der Waals surface area contributed by atoms with E-state index in [2.05, 4.69) is 10.1 Å². The number of carbonyl (C=O) groups excluding carboxylic acids is 1. The van der Waals surface area contributed by atoms with Gasteiger partial charge in [0.1, 0.15) is 16.4 Å². The standard InChI is InChI=1S/C21H25F3N2O5S/c1-30-19-10-9-16(14-20(19)32(25,28)29)17(27)7-4-5-12-26-13-11-15-6-2-3-8-18(15)31-21(22,23)24/h2-3,6,8-10,14,26H,4-5,7,11-13H2,1H3,(H2,25,28,29). The second-order valence-electron chi connectivity index (χ2n) is 6.95. The normalized spacial score (nSPS) is 11.9. The van der Waals surface area contributed by atoms with Crippen molar-refractivity contribution in [2.45, 2.75) is 36.9 Å². The summed E-state index contributed by atoms with van der Waals surface area (Å²) in [5.41, 5.74) is 0.668. The van der Waals surface area contributed by atoms with Crippen molar-refractivity contribution in [1.82, 2.24) is 5.32 Å². The van der Waals surface area contributed by atoms with E-state index in [0.29, 0.717) is 37.9 Å². The lowest BCUT2D eigenvalue weighted by atomic mass is 10.1. The first kappa shape index (κ1) is 25.6. The Balaban J connectivity index is 1.76. The predicted molar refractivity (Wildman–Crippen MR) is 112 cm³/mol. The zero-order valence-electron chi connectivity index (χ0n) is 17.4. The van der Waals surface area contributed by atoms with Crippen LogP contribution >= 0.6 is 0 Å². The number of nitrogens with one attached hydrogen (secondary N) is 1. The Morgan fingerprint density at radius 3 is 2.44 bits per heavy atom. The number of ketones is 1. The molecule has 0 aromatic heterocycles. The second kappa shape index (κ2) is 11.3. The molecule has 0 saturated carbocycles. The van der Waals surface area contributed by atoms with E-state index in [-0.39, 0.29) is 34.2 Å². The highest BCUT2D eigenvalue weighted by Crippen LogP contribution is 2.26. The van der Waals surface area contributed by atoms with Crippen molar-refractivity contribution >= 4 is 15.8 Å². The first-order valence-electron chi connectivity index (χ1n) is 9.79. The minimum atomic E-state index is -4.74. The molecule has 2 aromatic carbocycles. The van der Waals surface area contributed by atoms with Gasteiger partial charge in [-0.2, -0.15) is 0 Å². The minimum absolute atomic E-state index is 0.0652. The highest BCUT2D eigenvalue weighted by molar-refractivity contribution is 7.89. The Bertz CT molecular complexity index is 1030. The van der Waals surface area contributed by atoms with E-state index < -0.39 is 16.4 Å². The van der Waals surface area contributed by atoms with Crippen LogP contribution in [-0.2, 0) is 16.4 Å². The van der Waals surface area contributed by atoms with Crippen LogP contribution < -0.4 is 19.9 Å². The van der Waals surface area contributed by atoms with Gasteiger partial charge in [-0.25, -0.2) is 13.6 Å². The molecular weight excluding hydrogens is 449 g/mol. The first-order chi connectivity index (χ1) is 15.0. The molecule has 0 amide bonds. The van der Waals surface area contributed by atoms with Crippen LogP contribution in [0.4, 0.5) is 13.2 Å². The fraction of sp³-hybridized carbons (Fsp3) is 0.381. The summed E-state index contributed by atoms with van der Waals surface area (Å²) >= 11 is 0. The molecule has 0 atom stereocenters. The molecule has 0 aliphatic heterocycles. The van der Waals surface area contributed by atoms with E-state index in [1.807, 2.05) is 0 Å². The van der Waals surface area contributed by atoms with E-state index in [1.54, 1.807) is 12.1 Å². The second-order valence-corrected chi connectivity index (χ2v) is 8.48. The Morgan fingerprint density at radius 1 is 1.06 bits per heavy atom. The molecule has 11 heteroatoms. The molecule has 0 saturated heterocycles. The Morgan fingerprint density at radius 2 is 1.78 bits per heavy atom. The molecule has 0 bridgehead atoms. The number of primary sulfonamides is 1. The average molecular weight is 475 g/mol. The number of para-hydroxylation sites is 1. The van der Waals surface area contributed by atoms with Crippen molar-refractivity contribution in [2.75, 3.05) is 20.2 Å². The van der Waals surface area contributed by atoms with Gasteiger partial charge >= 0.3 is 6.36 Å². The fourth-order valence-corrected chi connectivity index (χ4v) is 3.76. The van der Waals surface area contributed by atoms with Crippen molar-refractivity contribution in [3.05, 3.63) is 53.6 Å². The summed E-state index contributed by atoms with van der Waals surface area (Å²) in [5, 5.41) is 8.28. The highest BCUT2D eigenvalue weighted by Gasteiger charge is 2.31. The molecule has 2 rings (SSSR count). The third-order valence-electron chi connectivity index (χ3n) is 4.57. The molecule has 0 radical (unpaired) electrons. The monoisotopic (exact) mass is 474 g/mol. The van der Waals surface area contributed by atoms with Crippen molar-refractivity contribution in [3.63, 3.8) is 0 Å². The van der Waals surface area contributed by atoms with Crippen LogP contribution in [0.15, 0.2) is 47.4 Å². The molecular formula is C21H25F3N2O5S. The zero-order chi connectivity index (χ0) is 23.8. The van der Waals surface area contributed by atoms with Crippen molar-refractivity contribution in [1.29, 1.82) is 0 Å². The molecule has 176 valence electrons. The summed E-state index contributed by atoms with van der Waals surface area (Å²) < 4.78 is 69.6. The molecule has 32 heavy (non-hydrogen) atoms. The molecule has 0 aliphatic rings. The van der Waals surface area contributed by atoms with Gasteiger partial charge in [-0.3, -0.25) is 4.79 Å². The number of alkyl halides is 3. The van der Waals surface area contributed by atoms with E-state index >= 15 is 0 Å². The van der Waals surface area contributed by atoms with Crippen LogP contribution in [0.3, 0.4) is 0 Å². The highest BCUT2D eigenvalue weighted by atomic mass is 32.2. The van der Waals surface area contributed by atoms with Gasteiger partial charge < -0.3 is 14.8 Å². The van der Waals surface area contributed by atoms with Crippen LogP contribution in [-0.4, -0.2) is 40.8 Å². The minimum Gasteiger partial charge on any atom is -0.495 e. The Hall–Kier alpha value is -2.63. The van der Waals surface area contributed by atoms with Crippen LogP contribution in [0.1, 0.15) is 35.2 Å². The number of nitrogens with two attached hydrogens (primary N) is 1. The topological polar surface area (TPSA) is 108 Å². The average Bonchev–Trinajstić information content (AvgIpc) is 2.71. The van der Waals surface area contributed by atoms with Gasteiger partial charge in [0.15, 0.2) is 5.78 Å². The van der Waals surface area contributed by atoms with Gasteiger partial charge in [0, 0.05) is 12.0 Å². The molecule has 0 heterocycles. The summed E-state index contributed by atoms with van der Waals surface area (Å²) in [6.45, 7) is 1.02. The molecule has 0 aliphatic carbocycles. The van der Waals surface area contributed by atoms with Gasteiger partial charge in [-0.1, -0.05) is 18.2 Å². The number of rotatable bonds is 12. The van der Waals surface area contributed by atoms with Gasteiger partial charge in [-0.15, -0.1) is 13.2 Å². The lowest BCUT2D eigenvalue weighted by Gasteiger charge is -2.13.